The highest BCUT2D eigenvalue weighted by molar-refractivity contribution is 5.79. The third-order valence-corrected chi connectivity index (χ3v) is 3.76. The quantitative estimate of drug-likeness (QED) is 0.409. The maximum Gasteiger partial charge on any atom is 0.422 e. The number of ether oxygens (including phenoxy) is 2. The van der Waals surface area contributed by atoms with Crippen molar-refractivity contribution in [3.8, 4) is 11.5 Å². The molecule has 0 aliphatic heterocycles. The molecule has 0 saturated carbocycles. The van der Waals surface area contributed by atoms with Crippen molar-refractivity contribution in [3.05, 3.63) is 59.2 Å². The lowest BCUT2D eigenvalue weighted by Gasteiger charge is -2.15. The van der Waals surface area contributed by atoms with Crippen molar-refractivity contribution in [1.29, 1.82) is 0 Å². The van der Waals surface area contributed by atoms with E-state index in [2.05, 4.69) is 15.6 Å². The summed E-state index contributed by atoms with van der Waals surface area (Å²) in [6, 6.07) is 7.62. The summed E-state index contributed by atoms with van der Waals surface area (Å²) in [5.41, 5.74) is 0.821. The number of guanidine groups is 1. The molecule has 0 spiro atoms. The van der Waals surface area contributed by atoms with Gasteiger partial charge in [-0.1, -0.05) is 6.07 Å². The van der Waals surface area contributed by atoms with Crippen LogP contribution in [0.4, 0.5) is 22.0 Å². The first kappa shape index (κ1) is 22.3. The summed E-state index contributed by atoms with van der Waals surface area (Å²) in [6.45, 7) is -1.16. The third kappa shape index (κ3) is 7.13. The summed E-state index contributed by atoms with van der Waals surface area (Å²) in [5.74, 6) is -0.652. The number of benzene rings is 2. The molecule has 2 aromatic carbocycles. The molecule has 158 valence electrons. The van der Waals surface area contributed by atoms with E-state index >= 15 is 0 Å². The van der Waals surface area contributed by atoms with Crippen LogP contribution >= 0.6 is 0 Å². The fourth-order valence-electron chi connectivity index (χ4n) is 2.36. The van der Waals surface area contributed by atoms with Crippen molar-refractivity contribution < 1.29 is 31.4 Å². The Balaban J connectivity index is 1.95. The van der Waals surface area contributed by atoms with Gasteiger partial charge in [0.2, 0.25) is 0 Å². The molecule has 2 N–H and O–H groups in total. The Labute approximate surface area is 164 Å². The van der Waals surface area contributed by atoms with Crippen molar-refractivity contribution >= 4 is 5.96 Å². The summed E-state index contributed by atoms with van der Waals surface area (Å²) in [4.78, 5) is 3.98. The molecule has 0 unspecified atom stereocenters. The van der Waals surface area contributed by atoms with Crippen LogP contribution in [-0.4, -0.2) is 32.9 Å². The number of methoxy groups -OCH3 is 1. The fourth-order valence-corrected chi connectivity index (χ4v) is 2.36. The van der Waals surface area contributed by atoms with E-state index in [-0.39, 0.29) is 30.2 Å². The minimum absolute atomic E-state index is 0.0107. The van der Waals surface area contributed by atoms with Crippen LogP contribution in [0.15, 0.2) is 41.4 Å². The van der Waals surface area contributed by atoms with Crippen LogP contribution in [0.2, 0.25) is 0 Å². The predicted octanol–water partition coefficient (Wildman–Crippen LogP) is 3.78. The van der Waals surface area contributed by atoms with E-state index in [0.29, 0.717) is 11.5 Å². The van der Waals surface area contributed by atoms with E-state index in [1.54, 1.807) is 6.07 Å². The Kier molecular flexibility index (Phi) is 7.63. The molecule has 29 heavy (non-hydrogen) atoms. The number of nitrogens with one attached hydrogen (secondary N) is 2. The second kappa shape index (κ2) is 9.94. The molecule has 0 atom stereocenters. The van der Waals surface area contributed by atoms with Crippen LogP contribution in [0.5, 0.6) is 11.5 Å². The SMILES string of the molecule is CN=C(NCc1ccc(OCC(F)(F)F)c(OC)c1)NCc1cc(F)ccc1F. The Hall–Kier alpha value is -3.04. The molecule has 0 heterocycles. The Bertz CT molecular complexity index is 856. The number of alkyl halides is 3. The van der Waals surface area contributed by atoms with E-state index < -0.39 is 24.4 Å². The highest BCUT2D eigenvalue weighted by Crippen LogP contribution is 2.29. The molecule has 2 aromatic rings. The van der Waals surface area contributed by atoms with Crippen molar-refractivity contribution in [2.75, 3.05) is 20.8 Å². The molecule has 10 heteroatoms. The lowest BCUT2D eigenvalue weighted by Crippen LogP contribution is -2.36. The first-order valence-corrected chi connectivity index (χ1v) is 8.46. The predicted molar refractivity (Wildman–Crippen MR) is 97.9 cm³/mol. The molecule has 0 aliphatic rings. The van der Waals surface area contributed by atoms with Crippen LogP contribution in [-0.2, 0) is 13.1 Å². The standard InChI is InChI=1S/C19H20F5N3O2/c1-25-18(27-10-13-8-14(20)4-5-15(13)21)26-9-12-3-6-16(17(7-12)28-2)29-11-19(22,23)24/h3-8H,9-11H2,1-2H3,(H2,25,26,27). The molecule has 0 radical (unpaired) electrons. The highest BCUT2D eigenvalue weighted by Gasteiger charge is 2.29. The van der Waals surface area contributed by atoms with Crippen molar-refractivity contribution in [2.45, 2.75) is 19.3 Å². The van der Waals surface area contributed by atoms with E-state index in [1.165, 1.54) is 26.3 Å². The Morgan fingerprint density at radius 3 is 2.38 bits per heavy atom. The van der Waals surface area contributed by atoms with Crippen LogP contribution in [0.3, 0.4) is 0 Å². The Morgan fingerprint density at radius 2 is 1.72 bits per heavy atom. The van der Waals surface area contributed by atoms with Gasteiger partial charge in [0.1, 0.15) is 11.6 Å². The van der Waals surface area contributed by atoms with Crippen molar-refractivity contribution in [2.24, 2.45) is 4.99 Å². The Morgan fingerprint density at radius 1 is 1.00 bits per heavy atom. The number of halogens is 5. The van der Waals surface area contributed by atoms with Gasteiger partial charge < -0.3 is 20.1 Å². The smallest absolute Gasteiger partial charge is 0.422 e. The minimum Gasteiger partial charge on any atom is -0.493 e. The maximum absolute atomic E-state index is 13.7. The minimum atomic E-state index is -4.45. The summed E-state index contributed by atoms with van der Waals surface area (Å²) < 4.78 is 73.6. The number of rotatable bonds is 7. The lowest BCUT2D eigenvalue weighted by atomic mass is 10.2. The van der Waals surface area contributed by atoms with Gasteiger partial charge in [0.05, 0.1) is 7.11 Å². The van der Waals surface area contributed by atoms with Gasteiger partial charge in [0.25, 0.3) is 0 Å². The van der Waals surface area contributed by atoms with E-state index in [4.69, 9.17) is 9.47 Å². The monoisotopic (exact) mass is 417 g/mol. The number of aliphatic imine (C=N–C) groups is 1. The van der Waals surface area contributed by atoms with Gasteiger partial charge in [0, 0.05) is 25.7 Å². The zero-order chi connectivity index (χ0) is 21.4. The molecule has 0 saturated heterocycles. The third-order valence-electron chi connectivity index (χ3n) is 3.76. The normalized spacial score (nSPS) is 11.9. The molecule has 0 amide bonds. The maximum atomic E-state index is 13.7. The lowest BCUT2D eigenvalue weighted by molar-refractivity contribution is -0.153. The first-order valence-electron chi connectivity index (χ1n) is 8.46. The topological polar surface area (TPSA) is 54.9 Å². The van der Waals surface area contributed by atoms with E-state index in [1.807, 2.05) is 0 Å². The fraction of sp³-hybridized carbons (Fsp3) is 0.316. The average Bonchev–Trinajstić information content (AvgIpc) is 2.68. The first-order chi connectivity index (χ1) is 13.7. The van der Waals surface area contributed by atoms with Crippen LogP contribution in [0.25, 0.3) is 0 Å². The van der Waals surface area contributed by atoms with Crippen molar-refractivity contribution in [1.82, 2.24) is 10.6 Å². The number of hydrogen-bond acceptors (Lipinski definition) is 3. The van der Waals surface area contributed by atoms with E-state index in [9.17, 15) is 22.0 Å². The van der Waals surface area contributed by atoms with Gasteiger partial charge >= 0.3 is 6.18 Å². The molecular formula is C19H20F5N3O2. The second-order valence-electron chi connectivity index (χ2n) is 5.90. The van der Waals surface area contributed by atoms with Gasteiger partial charge in [-0.25, -0.2) is 8.78 Å². The largest absolute Gasteiger partial charge is 0.493 e. The molecule has 0 bridgehead atoms. The molecule has 5 nitrogen and oxygen atoms in total. The molecule has 0 fully saturated rings. The van der Waals surface area contributed by atoms with Gasteiger partial charge in [-0.3, -0.25) is 4.99 Å². The van der Waals surface area contributed by atoms with Gasteiger partial charge in [0.15, 0.2) is 24.1 Å². The zero-order valence-electron chi connectivity index (χ0n) is 15.7. The highest BCUT2D eigenvalue weighted by atomic mass is 19.4. The van der Waals surface area contributed by atoms with Gasteiger partial charge in [-0.05, 0) is 35.9 Å². The summed E-state index contributed by atoms with van der Waals surface area (Å²) in [6.07, 6.45) is -4.45. The zero-order valence-corrected chi connectivity index (χ0v) is 15.7. The van der Waals surface area contributed by atoms with Crippen LogP contribution in [0, 0.1) is 11.6 Å². The second-order valence-corrected chi connectivity index (χ2v) is 5.90. The average molecular weight is 417 g/mol. The number of nitrogens with zero attached hydrogens (tertiary/aromatic N) is 1. The van der Waals surface area contributed by atoms with Gasteiger partial charge in [-0.2, -0.15) is 13.2 Å². The molecule has 2 rings (SSSR count). The molecule has 0 aliphatic carbocycles. The summed E-state index contributed by atoms with van der Waals surface area (Å²) >= 11 is 0. The van der Waals surface area contributed by atoms with Crippen LogP contribution in [0.1, 0.15) is 11.1 Å². The molecular weight excluding hydrogens is 397 g/mol. The van der Waals surface area contributed by atoms with Crippen LogP contribution < -0.4 is 20.1 Å². The number of hydrogen-bond donors (Lipinski definition) is 2. The van der Waals surface area contributed by atoms with Crippen molar-refractivity contribution in [3.63, 3.8) is 0 Å². The van der Waals surface area contributed by atoms with E-state index in [0.717, 1.165) is 18.2 Å². The van der Waals surface area contributed by atoms with Gasteiger partial charge in [-0.15, -0.1) is 0 Å². The summed E-state index contributed by atoms with van der Waals surface area (Å²) in [7, 11) is 2.83. The molecule has 0 aromatic heterocycles. The summed E-state index contributed by atoms with van der Waals surface area (Å²) in [5, 5.41) is 5.82.